The minimum atomic E-state index is -5.18. The molecule has 0 atom stereocenters. The molecular formula is C8H3Cl2F3N2O3. The average Bonchev–Trinajstić information content (AvgIpc) is 2.21. The molecular weight excluding hydrogens is 300 g/mol. The molecule has 2 N–H and O–H groups in total. The molecule has 1 aromatic heterocycles. The van der Waals surface area contributed by atoms with E-state index in [0.717, 1.165) is 6.07 Å². The summed E-state index contributed by atoms with van der Waals surface area (Å²) in [5.41, 5.74) is -0.706. The van der Waals surface area contributed by atoms with Crippen LogP contribution < -0.4 is 5.32 Å². The monoisotopic (exact) mass is 302 g/mol. The topological polar surface area (TPSA) is 79.3 Å². The molecule has 0 fully saturated rings. The zero-order valence-electron chi connectivity index (χ0n) is 8.18. The van der Waals surface area contributed by atoms with E-state index in [1.54, 1.807) is 0 Å². The van der Waals surface area contributed by atoms with Gasteiger partial charge in [-0.1, -0.05) is 23.2 Å². The molecule has 10 heteroatoms. The third-order valence-corrected chi connectivity index (χ3v) is 2.33. The van der Waals surface area contributed by atoms with Crippen molar-refractivity contribution in [2.24, 2.45) is 0 Å². The molecule has 0 saturated carbocycles. The van der Waals surface area contributed by atoms with E-state index in [1.807, 2.05) is 0 Å². The van der Waals surface area contributed by atoms with Crippen molar-refractivity contribution in [2.75, 3.05) is 5.32 Å². The molecule has 0 aliphatic rings. The van der Waals surface area contributed by atoms with E-state index in [4.69, 9.17) is 28.3 Å². The summed E-state index contributed by atoms with van der Waals surface area (Å²) in [6, 6.07) is 0.783. The van der Waals surface area contributed by atoms with Crippen LogP contribution in [0.1, 0.15) is 10.4 Å². The van der Waals surface area contributed by atoms with Gasteiger partial charge in [-0.15, -0.1) is 0 Å². The lowest BCUT2D eigenvalue weighted by atomic mass is 10.2. The van der Waals surface area contributed by atoms with Gasteiger partial charge in [-0.05, 0) is 6.07 Å². The quantitative estimate of drug-likeness (QED) is 0.823. The lowest BCUT2D eigenvalue weighted by molar-refractivity contribution is -0.167. The number of anilines is 1. The number of carbonyl (C=O) groups is 2. The summed E-state index contributed by atoms with van der Waals surface area (Å²) in [5.74, 6) is -4.81. The predicted molar refractivity (Wildman–Crippen MR) is 55.9 cm³/mol. The van der Waals surface area contributed by atoms with Crippen LogP contribution in [0.5, 0.6) is 0 Å². The number of hydrogen-bond donors (Lipinski definition) is 2. The van der Waals surface area contributed by atoms with Crippen LogP contribution in [0, 0.1) is 0 Å². The van der Waals surface area contributed by atoms with E-state index in [9.17, 15) is 22.8 Å². The van der Waals surface area contributed by atoms with Gasteiger partial charge < -0.3 is 10.4 Å². The Balaban J connectivity index is 3.20. The first kappa shape index (κ1) is 14.5. The van der Waals surface area contributed by atoms with Gasteiger partial charge in [0.2, 0.25) is 0 Å². The van der Waals surface area contributed by atoms with Gasteiger partial charge >= 0.3 is 18.1 Å². The van der Waals surface area contributed by atoms with Crippen LogP contribution in [-0.2, 0) is 4.79 Å². The highest BCUT2D eigenvalue weighted by atomic mass is 35.5. The number of carbonyl (C=O) groups excluding carboxylic acids is 1. The number of amides is 1. The van der Waals surface area contributed by atoms with E-state index in [2.05, 4.69) is 4.98 Å². The van der Waals surface area contributed by atoms with E-state index >= 15 is 0 Å². The van der Waals surface area contributed by atoms with Gasteiger partial charge in [-0.3, -0.25) is 4.79 Å². The van der Waals surface area contributed by atoms with Crippen LogP contribution in [0.15, 0.2) is 6.07 Å². The highest BCUT2D eigenvalue weighted by molar-refractivity contribution is 6.41. The van der Waals surface area contributed by atoms with Gasteiger partial charge in [0.1, 0.15) is 16.5 Å². The van der Waals surface area contributed by atoms with Crippen molar-refractivity contribution in [3.8, 4) is 0 Å². The highest BCUT2D eigenvalue weighted by Gasteiger charge is 2.39. The predicted octanol–water partition coefficient (Wildman–Crippen LogP) is 2.59. The van der Waals surface area contributed by atoms with E-state index < -0.39 is 34.6 Å². The Morgan fingerprint density at radius 3 is 2.33 bits per heavy atom. The number of nitrogens with zero attached hydrogens (tertiary/aromatic N) is 1. The van der Waals surface area contributed by atoms with Crippen molar-refractivity contribution in [1.29, 1.82) is 0 Å². The maximum absolute atomic E-state index is 12.0. The van der Waals surface area contributed by atoms with Gasteiger partial charge in [0.05, 0.1) is 5.02 Å². The zero-order valence-corrected chi connectivity index (χ0v) is 9.69. The lowest BCUT2D eigenvalue weighted by Gasteiger charge is -2.10. The van der Waals surface area contributed by atoms with Crippen molar-refractivity contribution in [3.05, 3.63) is 21.8 Å². The van der Waals surface area contributed by atoms with E-state index in [0.29, 0.717) is 0 Å². The summed E-state index contributed by atoms with van der Waals surface area (Å²) in [6.45, 7) is 0. The Labute approximate surface area is 108 Å². The molecule has 1 amide bonds. The summed E-state index contributed by atoms with van der Waals surface area (Å²) >= 11 is 10.9. The molecule has 18 heavy (non-hydrogen) atoms. The van der Waals surface area contributed by atoms with Crippen molar-refractivity contribution in [1.82, 2.24) is 4.98 Å². The molecule has 1 rings (SSSR count). The number of carboxylic acid groups (broad SMARTS) is 1. The highest BCUT2D eigenvalue weighted by Crippen LogP contribution is 2.27. The summed E-state index contributed by atoms with van der Waals surface area (Å²) in [5, 5.41) is 9.33. The number of pyridine rings is 1. The first-order valence-corrected chi connectivity index (χ1v) is 4.86. The maximum Gasteiger partial charge on any atom is 0.471 e. The summed E-state index contributed by atoms with van der Waals surface area (Å²) in [4.78, 5) is 24.7. The Hall–Kier alpha value is -1.54. The fourth-order valence-corrected chi connectivity index (χ4v) is 1.19. The van der Waals surface area contributed by atoms with Gasteiger partial charge in [0.15, 0.2) is 0 Å². The molecule has 0 radical (unpaired) electrons. The smallest absolute Gasteiger partial charge is 0.471 e. The Morgan fingerprint density at radius 2 is 1.89 bits per heavy atom. The van der Waals surface area contributed by atoms with Gasteiger partial charge in [-0.2, -0.15) is 13.2 Å². The van der Waals surface area contributed by atoms with Gasteiger partial charge in [0, 0.05) is 0 Å². The van der Waals surface area contributed by atoms with Gasteiger partial charge in [0.25, 0.3) is 0 Å². The largest absolute Gasteiger partial charge is 0.478 e. The number of aromatic carboxylic acids is 1. The van der Waals surface area contributed by atoms with Crippen LogP contribution in [-0.4, -0.2) is 28.1 Å². The molecule has 0 aliphatic heterocycles. The summed E-state index contributed by atoms with van der Waals surface area (Å²) in [6.07, 6.45) is -5.18. The fraction of sp³-hybridized carbons (Fsp3) is 0.125. The maximum atomic E-state index is 12.0. The van der Waals surface area contributed by atoms with Crippen LogP contribution in [0.3, 0.4) is 0 Å². The average molecular weight is 303 g/mol. The number of aromatic nitrogens is 1. The van der Waals surface area contributed by atoms with Crippen molar-refractivity contribution < 1.29 is 27.9 Å². The van der Waals surface area contributed by atoms with Crippen LogP contribution in [0.2, 0.25) is 10.2 Å². The van der Waals surface area contributed by atoms with Crippen molar-refractivity contribution in [3.63, 3.8) is 0 Å². The zero-order chi connectivity index (χ0) is 14.1. The molecule has 5 nitrogen and oxygen atoms in total. The second-order valence-corrected chi connectivity index (χ2v) is 3.68. The molecule has 0 spiro atoms. The normalized spacial score (nSPS) is 11.2. The second-order valence-electron chi connectivity index (χ2n) is 2.91. The van der Waals surface area contributed by atoms with Crippen LogP contribution >= 0.6 is 23.2 Å². The Bertz CT molecular complexity index is 519. The lowest BCUT2D eigenvalue weighted by Crippen LogP contribution is -2.31. The number of alkyl halides is 3. The number of nitrogens with one attached hydrogen (secondary N) is 1. The molecule has 98 valence electrons. The van der Waals surface area contributed by atoms with Crippen LogP contribution in [0.4, 0.5) is 19.0 Å². The Kier molecular flexibility index (Phi) is 4.02. The van der Waals surface area contributed by atoms with Gasteiger partial charge in [-0.25, -0.2) is 9.78 Å². The van der Waals surface area contributed by atoms with E-state index in [-0.39, 0.29) is 5.02 Å². The first-order valence-electron chi connectivity index (χ1n) is 4.10. The van der Waals surface area contributed by atoms with Crippen molar-refractivity contribution >= 4 is 40.9 Å². The van der Waals surface area contributed by atoms with E-state index in [1.165, 1.54) is 5.32 Å². The standard InChI is InChI=1S/C8H3Cl2F3N2O3/c9-3-1-2(6(16)17)5(14-4(3)10)15-7(18)8(11,12)13/h1H,(H,16,17)(H,14,15,18). The second kappa shape index (κ2) is 4.99. The SMILES string of the molecule is O=C(O)c1cc(Cl)c(Cl)nc1NC(=O)C(F)(F)F. The third-order valence-electron chi connectivity index (χ3n) is 1.65. The molecule has 1 aromatic rings. The number of rotatable bonds is 2. The molecule has 1 heterocycles. The Morgan fingerprint density at radius 1 is 1.33 bits per heavy atom. The van der Waals surface area contributed by atoms with Crippen LogP contribution in [0.25, 0.3) is 0 Å². The number of hydrogen-bond acceptors (Lipinski definition) is 3. The minimum Gasteiger partial charge on any atom is -0.478 e. The third kappa shape index (κ3) is 3.23. The summed E-state index contributed by atoms with van der Waals surface area (Å²) < 4.78 is 36.0. The fourth-order valence-electron chi connectivity index (χ4n) is 0.903. The minimum absolute atomic E-state index is 0.265. The molecule has 0 aliphatic carbocycles. The van der Waals surface area contributed by atoms with Crippen molar-refractivity contribution in [2.45, 2.75) is 6.18 Å². The molecule has 0 unspecified atom stereocenters. The number of halogens is 5. The summed E-state index contributed by atoms with van der Waals surface area (Å²) in [7, 11) is 0. The molecule has 0 bridgehead atoms. The number of carboxylic acids is 1. The molecule has 0 saturated heterocycles. The first-order chi connectivity index (χ1) is 8.12. The molecule has 0 aromatic carbocycles.